The Labute approximate surface area is 154 Å². The fourth-order valence-electron chi connectivity index (χ4n) is 2.55. The summed E-state index contributed by atoms with van der Waals surface area (Å²) in [6.07, 6.45) is 1.24. The Hall–Kier alpha value is -3.81. The van der Waals surface area contributed by atoms with Crippen molar-refractivity contribution in [2.75, 3.05) is 7.11 Å². The summed E-state index contributed by atoms with van der Waals surface area (Å²) in [6.45, 7) is -0.0277. The van der Waals surface area contributed by atoms with Crippen molar-refractivity contribution in [3.05, 3.63) is 59.2 Å². The minimum atomic E-state index is -0.830. The van der Waals surface area contributed by atoms with Crippen LogP contribution in [0.4, 0.5) is 4.79 Å². The molecule has 0 radical (unpaired) electrons. The number of phenols is 2. The number of ether oxygens (including phenoxy) is 1. The third kappa shape index (κ3) is 3.74. The second kappa shape index (κ2) is 7.20. The van der Waals surface area contributed by atoms with Gasteiger partial charge in [0, 0.05) is 0 Å². The van der Waals surface area contributed by atoms with Crippen molar-refractivity contribution < 1.29 is 29.3 Å². The van der Waals surface area contributed by atoms with Crippen molar-refractivity contribution in [1.29, 1.82) is 0 Å². The Morgan fingerprint density at radius 2 is 1.74 bits per heavy atom. The van der Waals surface area contributed by atoms with Gasteiger partial charge in [0.15, 0.2) is 11.5 Å². The van der Waals surface area contributed by atoms with E-state index in [1.807, 2.05) is 0 Å². The molecule has 3 rings (SSSR count). The first-order valence-corrected chi connectivity index (χ1v) is 7.93. The predicted octanol–water partition coefficient (Wildman–Crippen LogP) is 1.77. The lowest BCUT2D eigenvalue weighted by Gasteiger charge is -2.26. The number of rotatable bonds is 4. The van der Waals surface area contributed by atoms with Crippen LogP contribution in [-0.4, -0.2) is 40.1 Å². The molecule has 1 fully saturated rings. The van der Waals surface area contributed by atoms with Gasteiger partial charge in [-0.25, -0.2) is 4.79 Å². The first kappa shape index (κ1) is 18.0. The standard InChI is InChI=1S/C19H16N2O6/c1-27-13-5-2-11(3-6-13)10-21-18(25)14(17(24)20-19(21)26)8-12-4-7-15(22)16(23)9-12/h2-9,22-23H,10H2,1H3,(H,20,24,26). The van der Waals surface area contributed by atoms with E-state index in [-0.39, 0.29) is 23.6 Å². The van der Waals surface area contributed by atoms with E-state index < -0.39 is 17.8 Å². The summed E-state index contributed by atoms with van der Waals surface area (Å²) >= 11 is 0. The Morgan fingerprint density at radius 3 is 2.37 bits per heavy atom. The third-order valence-corrected chi connectivity index (χ3v) is 4.00. The van der Waals surface area contributed by atoms with Crippen LogP contribution < -0.4 is 10.1 Å². The van der Waals surface area contributed by atoms with Crippen LogP contribution in [0.5, 0.6) is 17.2 Å². The van der Waals surface area contributed by atoms with Crippen molar-refractivity contribution in [3.8, 4) is 17.2 Å². The highest BCUT2D eigenvalue weighted by molar-refractivity contribution is 6.30. The normalized spacial score (nSPS) is 15.8. The molecule has 0 bridgehead atoms. The molecule has 1 aliphatic heterocycles. The van der Waals surface area contributed by atoms with Crippen LogP contribution >= 0.6 is 0 Å². The van der Waals surface area contributed by atoms with Crippen LogP contribution in [0.3, 0.4) is 0 Å². The van der Waals surface area contributed by atoms with Crippen LogP contribution in [0, 0.1) is 0 Å². The van der Waals surface area contributed by atoms with Crippen LogP contribution in [0.1, 0.15) is 11.1 Å². The number of amides is 4. The number of barbiturate groups is 1. The van der Waals surface area contributed by atoms with Gasteiger partial charge in [0.1, 0.15) is 11.3 Å². The Morgan fingerprint density at radius 1 is 1.04 bits per heavy atom. The van der Waals surface area contributed by atoms with Gasteiger partial charge in [0.25, 0.3) is 11.8 Å². The average Bonchev–Trinajstić information content (AvgIpc) is 2.65. The number of carbonyl (C=O) groups is 3. The summed E-state index contributed by atoms with van der Waals surface area (Å²) in [6, 6.07) is 9.85. The topological polar surface area (TPSA) is 116 Å². The second-order valence-corrected chi connectivity index (χ2v) is 5.80. The molecule has 0 aromatic heterocycles. The maximum absolute atomic E-state index is 12.7. The minimum Gasteiger partial charge on any atom is -0.504 e. The summed E-state index contributed by atoms with van der Waals surface area (Å²) in [7, 11) is 1.53. The molecule has 8 nitrogen and oxygen atoms in total. The van der Waals surface area contributed by atoms with E-state index in [0.29, 0.717) is 16.9 Å². The number of aromatic hydroxyl groups is 2. The average molecular weight is 368 g/mol. The van der Waals surface area contributed by atoms with Crippen molar-refractivity contribution in [2.45, 2.75) is 6.54 Å². The third-order valence-electron chi connectivity index (χ3n) is 4.00. The SMILES string of the molecule is COc1ccc(CN2C(=O)NC(=O)C(=Cc3ccc(O)c(O)c3)C2=O)cc1. The van der Waals surface area contributed by atoms with Gasteiger partial charge in [0.2, 0.25) is 0 Å². The van der Waals surface area contributed by atoms with E-state index in [1.54, 1.807) is 24.3 Å². The molecule has 0 saturated carbocycles. The Balaban J connectivity index is 1.88. The molecule has 138 valence electrons. The molecule has 4 amide bonds. The van der Waals surface area contributed by atoms with Crippen LogP contribution in [0.25, 0.3) is 6.08 Å². The number of nitrogens with one attached hydrogen (secondary N) is 1. The molecule has 0 atom stereocenters. The quantitative estimate of drug-likeness (QED) is 0.430. The van der Waals surface area contributed by atoms with Gasteiger partial charge in [-0.1, -0.05) is 18.2 Å². The molecular weight excluding hydrogens is 352 g/mol. The first-order chi connectivity index (χ1) is 12.9. The lowest BCUT2D eigenvalue weighted by Crippen LogP contribution is -2.53. The minimum absolute atomic E-state index is 0.0277. The van der Waals surface area contributed by atoms with Crippen molar-refractivity contribution >= 4 is 23.9 Å². The predicted molar refractivity (Wildman–Crippen MR) is 94.8 cm³/mol. The molecule has 3 N–H and O–H groups in total. The summed E-state index contributed by atoms with van der Waals surface area (Å²) in [4.78, 5) is 37.7. The molecule has 1 saturated heterocycles. The van der Waals surface area contributed by atoms with E-state index >= 15 is 0 Å². The van der Waals surface area contributed by atoms with Crippen LogP contribution in [-0.2, 0) is 16.1 Å². The molecule has 8 heteroatoms. The fourth-order valence-corrected chi connectivity index (χ4v) is 2.55. The van der Waals surface area contributed by atoms with Crippen molar-refractivity contribution in [2.24, 2.45) is 0 Å². The number of hydrogen-bond acceptors (Lipinski definition) is 6. The maximum Gasteiger partial charge on any atom is 0.331 e. The Kier molecular flexibility index (Phi) is 4.80. The monoisotopic (exact) mass is 368 g/mol. The van der Waals surface area contributed by atoms with E-state index in [2.05, 4.69) is 5.32 Å². The lowest BCUT2D eigenvalue weighted by atomic mass is 10.1. The highest BCUT2D eigenvalue weighted by Gasteiger charge is 2.35. The Bertz CT molecular complexity index is 949. The highest BCUT2D eigenvalue weighted by atomic mass is 16.5. The molecule has 0 aliphatic carbocycles. The van der Waals surface area contributed by atoms with E-state index in [4.69, 9.17) is 4.74 Å². The van der Waals surface area contributed by atoms with Crippen LogP contribution in [0.2, 0.25) is 0 Å². The lowest BCUT2D eigenvalue weighted by molar-refractivity contribution is -0.130. The summed E-state index contributed by atoms with van der Waals surface area (Å²) in [5.41, 5.74) is 0.742. The number of methoxy groups -OCH3 is 1. The van der Waals surface area contributed by atoms with E-state index in [1.165, 1.54) is 31.4 Å². The van der Waals surface area contributed by atoms with Gasteiger partial charge < -0.3 is 14.9 Å². The van der Waals surface area contributed by atoms with Gasteiger partial charge in [-0.15, -0.1) is 0 Å². The fraction of sp³-hybridized carbons (Fsp3) is 0.105. The number of hydrogen-bond donors (Lipinski definition) is 3. The van der Waals surface area contributed by atoms with Crippen molar-refractivity contribution in [3.63, 3.8) is 0 Å². The number of phenolic OH excluding ortho intramolecular Hbond substituents is 2. The summed E-state index contributed by atoms with van der Waals surface area (Å²) in [5.74, 6) is -1.67. The maximum atomic E-state index is 12.7. The van der Waals surface area contributed by atoms with Crippen molar-refractivity contribution in [1.82, 2.24) is 10.2 Å². The molecule has 0 unspecified atom stereocenters. The number of urea groups is 1. The largest absolute Gasteiger partial charge is 0.504 e. The zero-order chi connectivity index (χ0) is 19.6. The van der Waals surface area contributed by atoms with Gasteiger partial charge in [-0.05, 0) is 41.5 Å². The van der Waals surface area contributed by atoms with Gasteiger partial charge in [-0.3, -0.25) is 19.8 Å². The first-order valence-electron chi connectivity index (χ1n) is 7.93. The molecule has 0 spiro atoms. The molecule has 1 aliphatic rings. The molecule has 2 aromatic rings. The zero-order valence-corrected chi connectivity index (χ0v) is 14.3. The highest BCUT2D eigenvalue weighted by Crippen LogP contribution is 2.26. The van der Waals surface area contributed by atoms with E-state index in [9.17, 15) is 24.6 Å². The van der Waals surface area contributed by atoms with Crippen LogP contribution in [0.15, 0.2) is 48.0 Å². The van der Waals surface area contributed by atoms with Gasteiger partial charge in [0.05, 0.1) is 13.7 Å². The number of nitrogens with zero attached hydrogens (tertiary/aromatic N) is 1. The zero-order valence-electron chi connectivity index (χ0n) is 14.3. The summed E-state index contributed by atoms with van der Waals surface area (Å²) < 4.78 is 5.07. The number of benzene rings is 2. The molecule has 27 heavy (non-hydrogen) atoms. The smallest absolute Gasteiger partial charge is 0.331 e. The molecular formula is C19H16N2O6. The van der Waals surface area contributed by atoms with E-state index in [0.717, 1.165) is 4.90 Å². The van der Waals surface area contributed by atoms with Gasteiger partial charge in [-0.2, -0.15) is 0 Å². The van der Waals surface area contributed by atoms with Gasteiger partial charge >= 0.3 is 6.03 Å². The summed E-state index contributed by atoms with van der Waals surface area (Å²) in [5, 5.41) is 21.0. The number of imide groups is 2. The number of carbonyl (C=O) groups excluding carboxylic acids is 3. The molecule has 1 heterocycles. The second-order valence-electron chi connectivity index (χ2n) is 5.80. The molecule has 2 aromatic carbocycles.